The molecule has 2 aromatic heterocycles. The third-order valence-electron chi connectivity index (χ3n) is 6.74. The Bertz CT molecular complexity index is 1510. The number of likely N-dealkylation sites (tertiary alicyclic amines) is 1. The molecule has 180 valence electrons. The normalized spacial score (nSPS) is 17.6. The monoisotopic (exact) mass is 493 g/mol. The van der Waals surface area contributed by atoms with Gasteiger partial charge in [-0.15, -0.1) is 5.10 Å². The maximum Gasteiger partial charge on any atom is 0.296 e. The molecular weight excluding hydrogens is 470 g/mol. The minimum absolute atomic E-state index is 0.00805. The van der Waals surface area contributed by atoms with E-state index in [-0.39, 0.29) is 22.9 Å². The molecule has 2 aliphatic rings. The topological polar surface area (TPSA) is 91.0 Å². The quantitative estimate of drug-likeness (QED) is 0.435. The van der Waals surface area contributed by atoms with Crippen LogP contribution in [0.4, 0.5) is 0 Å². The first-order valence-electron chi connectivity index (χ1n) is 11.6. The van der Waals surface area contributed by atoms with Crippen LogP contribution in [0.1, 0.15) is 34.6 Å². The Morgan fingerprint density at radius 2 is 1.86 bits per heavy atom. The van der Waals surface area contributed by atoms with Gasteiger partial charge in [0.25, 0.3) is 11.5 Å². The minimum Gasteiger partial charge on any atom is -0.347 e. The van der Waals surface area contributed by atoms with E-state index in [0.29, 0.717) is 61.7 Å². The molecule has 2 aliphatic heterocycles. The summed E-state index contributed by atoms with van der Waals surface area (Å²) in [5.74, 6) is -0.873. The second-order valence-electron chi connectivity index (χ2n) is 9.08. The highest BCUT2D eigenvalue weighted by atomic mass is 35.5. The fraction of sp³-hybridized carbons (Fsp3) is 0.360. The van der Waals surface area contributed by atoms with Crippen LogP contribution in [-0.4, -0.2) is 62.1 Å². The fourth-order valence-corrected chi connectivity index (χ4v) is 5.13. The molecule has 0 bridgehead atoms. The van der Waals surface area contributed by atoms with E-state index in [2.05, 4.69) is 10.1 Å². The summed E-state index contributed by atoms with van der Waals surface area (Å²) in [7, 11) is 0. The molecule has 35 heavy (non-hydrogen) atoms. The molecular formula is C25H24ClN5O4. The first-order valence-corrected chi connectivity index (χ1v) is 12.0. The summed E-state index contributed by atoms with van der Waals surface area (Å²) >= 11 is 6.17. The van der Waals surface area contributed by atoms with Gasteiger partial charge in [0.15, 0.2) is 5.79 Å². The zero-order chi connectivity index (χ0) is 24.2. The Kier molecular flexibility index (Phi) is 5.36. The lowest BCUT2D eigenvalue weighted by atomic mass is 10.0. The van der Waals surface area contributed by atoms with E-state index in [1.807, 2.05) is 43.3 Å². The lowest BCUT2D eigenvalue weighted by Gasteiger charge is -2.37. The number of benzene rings is 2. The number of aryl methyl sites for hydroxylation is 1. The second-order valence-corrected chi connectivity index (χ2v) is 9.52. The van der Waals surface area contributed by atoms with Gasteiger partial charge in [-0.3, -0.25) is 14.2 Å². The number of carbonyl (C=O) groups is 1. The predicted molar refractivity (Wildman–Crippen MR) is 130 cm³/mol. The maximum atomic E-state index is 13.6. The van der Waals surface area contributed by atoms with Crippen molar-refractivity contribution in [3.05, 3.63) is 74.8 Å². The summed E-state index contributed by atoms with van der Waals surface area (Å²) in [6.07, 6.45) is 1.20. The lowest BCUT2D eigenvalue weighted by molar-refractivity contribution is -0.181. The highest BCUT2D eigenvalue weighted by Gasteiger charge is 2.41. The largest absolute Gasteiger partial charge is 0.347 e. The number of hydrogen-bond acceptors (Lipinski definition) is 6. The van der Waals surface area contributed by atoms with Crippen molar-refractivity contribution >= 4 is 34.2 Å². The van der Waals surface area contributed by atoms with Gasteiger partial charge in [0.2, 0.25) is 11.5 Å². The molecule has 1 amide bonds. The smallest absolute Gasteiger partial charge is 0.296 e. The van der Waals surface area contributed by atoms with Crippen LogP contribution in [-0.2, 0) is 16.0 Å². The molecule has 1 spiro atoms. The summed E-state index contributed by atoms with van der Waals surface area (Å²) < 4.78 is 14.7. The van der Waals surface area contributed by atoms with Crippen molar-refractivity contribution < 1.29 is 14.3 Å². The highest BCUT2D eigenvalue weighted by Crippen LogP contribution is 2.31. The van der Waals surface area contributed by atoms with Crippen LogP contribution in [0.2, 0.25) is 5.02 Å². The summed E-state index contributed by atoms with van der Waals surface area (Å²) in [5.41, 5.74) is 3.10. The molecule has 2 saturated heterocycles. The molecule has 0 N–H and O–H groups in total. The van der Waals surface area contributed by atoms with Gasteiger partial charge >= 0.3 is 0 Å². The number of carbonyl (C=O) groups excluding carboxylic acids is 1. The van der Waals surface area contributed by atoms with Gasteiger partial charge in [0.05, 0.1) is 30.8 Å². The summed E-state index contributed by atoms with van der Waals surface area (Å²) in [4.78, 5) is 32.9. The Morgan fingerprint density at radius 3 is 2.60 bits per heavy atom. The van der Waals surface area contributed by atoms with Crippen LogP contribution in [0.3, 0.4) is 0 Å². The average Bonchev–Trinajstić information content (AvgIpc) is 3.50. The van der Waals surface area contributed by atoms with Gasteiger partial charge in [-0.1, -0.05) is 29.8 Å². The second kappa shape index (κ2) is 8.44. The Morgan fingerprint density at radius 1 is 1.09 bits per heavy atom. The molecule has 0 radical (unpaired) electrons. The summed E-state index contributed by atoms with van der Waals surface area (Å²) in [5, 5.41) is 5.08. The van der Waals surface area contributed by atoms with Crippen LogP contribution in [0.5, 0.6) is 0 Å². The van der Waals surface area contributed by atoms with Crippen molar-refractivity contribution in [2.45, 2.75) is 32.1 Å². The van der Waals surface area contributed by atoms with E-state index in [0.717, 1.165) is 11.1 Å². The number of hydrogen-bond donors (Lipinski definition) is 0. The number of nitrogens with zero attached hydrogens (tertiary/aromatic N) is 5. The zero-order valence-electron chi connectivity index (χ0n) is 19.2. The number of piperidine rings is 1. The third-order valence-corrected chi connectivity index (χ3v) is 6.98. The Labute approximate surface area is 205 Å². The van der Waals surface area contributed by atoms with Crippen LogP contribution < -0.4 is 5.56 Å². The number of aromatic nitrogens is 4. The molecule has 2 fully saturated rings. The predicted octanol–water partition coefficient (Wildman–Crippen LogP) is 3.03. The maximum absolute atomic E-state index is 13.6. The first-order chi connectivity index (χ1) is 16.9. The van der Waals surface area contributed by atoms with Crippen LogP contribution in [0.25, 0.3) is 16.7 Å². The van der Waals surface area contributed by atoms with Gasteiger partial charge in [-0.25, -0.2) is 4.52 Å². The summed E-state index contributed by atoms with van der Waals surface area (Å²) in [6, 6.07) is 13.2. The van der Waals surface area contributed by atoms with E-state index in [4.69, 9.17) is 21.1 Å². The number of fused-ring (bicyclic) bond motifs is 3. The van der Waals surface area contributed by atoms with Crippen LogP contribution in [0, 0.1) is 6.92 Å². The average molecular weight is 494 g/mol. The van der Waals surface area contributed by atoms with E-state index >= 15 is 0 Å². The molecule has 6 rings (SSSR count). The van der Waals surface area contributed by atoms with Crippen molar-refractivity contribution in [2.75, 3.05) is 26.3 Å². The Hall–Kier alpha value is -3.27. The van der Waals surface area contributed by atoms with E-state index in [1.165, 1.54) is 4.52 Å². The van der Waals surface area contributed by atoms with Gasteiger partial charge in [0, 0.05) is 31.0 Å². The molecule has 0 saturated carbocycles. The van der Waals surface area contributed by atoms with Crippen molar-refractivity contribution in [2.24, 2.45) is 0 Å². The SMILES string of the molecule is Cc1ccc2c(c1)n(Cc1cccc(Cl)c1)c(=O)c1nc(C(=O)N3CCC4(CC3)OCCO4)nn12. The Balaban J connectivity index is 1.40. The molecule has 9 nitrogen and oxygen atoms in total. The summed E-state index contributed by atoms with van der Waals surface area (Å²) in [6.45, 7) is 4.40. The van der Waals surface area contributed by atoms with Crippen LogP contribution >= 0.6 is 11.6 Å². The van der Waals surface area contributed by atoms with E-state index in [9.17, 15) is 9.59 Å². The van der Waals surface area contributed by atoms with Crippen molar-refractivity contribution in [3.8, 4) is 0 Å². The minimum atomic E-state index is -0.578. The standard InChI is InChI=1S/C25H24ClN5O4/c1-16-5-6-19-20(13-16)30(15-17-3-2-4-18(26)14-17)24(33)22-27-21(28-31(19)22)23(32)29-9-7-25(8-10-29)34-11-12-35-25/h2-6,13-14H,7-12,15H2,1H3. The van der Waals surface area contributed by atoms with Gasteiger partial charge in [-0.05, 0) is 42.3 Å². The third kappa shape index (κ3) is 3.89. The number of amides is 1. The molecule has 0 atom stereocenters. The number of ether oxygens (including phenoxy) is 2. The molecule has 0 unspecified atom stereocenters. The van der Waals surface area contributed by atoms with Gasteiger partial charge in [0.1, 0.15) is 0 Å². The molecule has 4 aromatic rings. The zero-order valence-corrected chi connectivity index (χ0v) is 20.0. The van der Waals surface area contributed by atoms with Crippen molar-refractivity contribution in [1.29, 1.82) is 0 Å². The molecule has 10 heteroatoms. The molecule has 4 heterocycles. The lowest BCUT2D eigenvalue weighted by Crippen LogP contribution is -2.47. The molecule has 0 aliphatic carbocycles. The van der Waals surface area contributed by atoms with E-state index in [1.54, 1.807) is 15.5 Å². The van der Waals surface area contributed by atoms with Crippen LogP contribution in [0.15, 0.2) is 47.3 Å². The first kappa shape index (κ1) is 22.2. The number of halogens is 1. The highest BCUT2D eigenvalue weighted by molar-refractivity contribution is 6.30. The molecule has 2 aromatic carbocycles. The van der Waals surface area contributed by atoms with Crippen molar-refractivity contribution in [3.63, 3.8) is 0 Å². The van der Waals surface area contributed by atoms with Gasteiger partial charge < -0.3 is 14.4 Å². The van der Waals surface area contributed by atoms with Crippen molar-refractivity contribution in [1.82, 2.24) is 24.1 Å². The van der Waals surface area contributed by atoms with E-state index < -0.39 is 5.79 Å². The number of rotatable bonds is 3. The fourth-order valence-electron chi connectivity index (χ4n) is 4.92. The van der Waals surface area contributed by atoms with Gasteiger partial charge in [-0.2, -0.15) is 4.98 Å².